The molecule has 0 radical (unpaired) electrons. The number of halogens is 1. The highest BCUT2D eigenvalue weighted by molar-refractivity contribution is 6.32. The number of likely N-dealkylation sites (N-methyl/N-ethyl adjacent to an activating group) is 1. The average Bonchev–Trinajstić information content (AvgIpc) is 2.55. The molecule has 0 unspecified atom stereocenters. The van der Waals surface area contributed by atoms with Crippen molar-refractivity contribution in [2.75, 3.05) is 19.5 Å². The maximum absolute atomic E-state index is 12.5. The van der Waals surface area contributed by atoms with Crippen LogP contribution in [0.2, 0.25) is 5.02 Å². The predicted molar refractivity (Wildman–Crippen MR) is 94.0 cm³/mol. The van der Waals surface area contributed by atoms with E-state index in [1.54, 1.807) is 31.2 Å². The highest BCUT2D eigenvalue weighted by atomic mass is 35.5. The number of ether oxygens (including phenoxy) is 1. The Balaban J connectivity index is 1.98. The van der Waals surface area contributed by atoms with Crippen LogP contribution >= 0.6 is 11.6 Å². The second-order valence-electron chi connectivity index (χ2n) is 5.40. The average molecular weight is 333 g/mol. The van der Waals surface area contributed by atoms with E-state index in [2.05, 4.69) is 5.32 Å². The van der Waals surface area contributed by atoms with Crippen LogP contribution in [0.15, 0.2) is 48.5 Å². The number of carbonyl (C=O) groups is 1. The van der Waals surface area contributed by atoms with Gasteiger partial charge >= 0.3 is 0 Å². The molecule has 0 aliphatic carbocycles. The summed E-state index contributed by atoms with van der Waals surface area (Å²) in [4.78, 5) is 14.2. The summed E-state index contributed by atoms with van der Waals surface area (Å²) in [5.41, 5.74) is 1.88. The first kappa shape index (κ1) is 17.2. The van der Waals surface area contributed by atoms with Crippen LogP contribution in [0.5, 0.6) is 5.75 Å². The summed E-state index contributed by atoms with van der Waals surface area (Å²) in [7, 11) is 3.37. The summed E-state index contributed by atoms with van der Waals surface area (Å²) < 4.78 is 5.12. The Labute approximate surface area is 142 Å². The summed E-state index contributed by atoms with van der Waals surface area (Å²) in [6, 6.07) is 14.9. The van der Waals surface area contributed by atoms with Crippen molar-refractivity contribution in [1.29, 1.82) is 0 Å². The minimum Gasteiger partial charge on any atom is -0.495 e. The molecule has 0 aliphatic heterocycles. The van der Waals surface area contributed by atoms with Crippen molar-refractivity contribution in [1.82, 2.24) is 4.90 Å². The van der Waals surface area contributed by atoms with Gasteiger partial charge in [-0.25, -0.2) is 0 Å². The minimum atomic E-state index is -0.354. The third-order valence-corrected chi connectivity index (χ3v) is 3.84. The maximum atomic E-state index is 12.5. The van der Waals surface area contributed by atoms with Gasteiger partial charge < -0.3 is 15.0 Å². The van der Waals surface area contributed by atoms with Crippen molar-refractivity contribution < 1.29 is 9.53 Å². The molecule has 4 nitrogen and oxygen atoms in total. The summed E-state index contributed by atoms with van der Waals surface area (Å²) >= 11 is 6.10. The van der Waals surface area contributed by atoms with E-state index in [1.807, 2.05) is 43.3 Å². The molecule has 1 N–H and O–H groups in total. The van der Waals surface area contributed by atoms with E-state index in [1.165, 1.54) is 0 Å². The van der Waals surface area contributed by atoms with Crippen LogP contribution in [0, 0.1) is 0 Å². The normalized spacial score (nSPS) is 11.7. The van der Waals surface area contributed by atoms with E-state index in [4.69, 9.17) is 16.3 Å². The number of benzene rings is 2. The second-order valence-corrected chi connectivity index (χ2v) is 5.80. The molecule has 2 rings (SSSR count). The summed E-state index contributed by atoms with van der Waals surface area (Å²) in [6.07, 6.45) is 0. The standard InChI is InChI=1S/C18H21ClN2O2/c1-13(20-15-9-10-17(23-3)16(19)11-15)18(22)21(2)12-14-7-5-4-6-8-14/h4-11,13,20H,12H2,1-3H3/t13-/m0/s1. The molecule has 5 heteroatoms. The summed E-state index contributed by atoms with van der Waals surface area (Å²) in [6.45, 7) is 2.41. The molecule has 2 aromatic carbocycles. The molecular formula is C18H21ClN2O2. The number of hydrogen-bond donors (Lipinski definition) is 1. The van der Waals surface area contributed by atoms with Gasteiger partial charge in [0.05, 0.1) is 12.1 Å². The van der Waals surface area contributed by atoms with Gasteiger partial charge in [0.2, 0.25) is 5.91 Å². The van der Waals surface area contributed by atoms with Crippen LogP contribution in [0.3, 0.4) is 0 Å². The van der Waals surface area contributed by atoms with E-state index in [0.29, 0.717) is 17.3 Å². The number of rotatable bonds is 6. The van der Waals surface area contributed by atoms with E-state index in [9.17, 15) is 4.79 Å². The predicted octanol–water partition coefficient (Wildman–Crippen LogP) is 3.81. The third kappa shape index (κ3) is 4.63. The molecule has 0 heterocycles. The molecule has 0 saturated heterocycles. The molecular weight excluding hydrogens is 312 g/mol. The molecule has 1 amide bonds. The fourth-order valence-corrected chi connectivity index (χ4v) is 2.59. The summed E-state index contributed by atoms with van der Waals surface area (Å²) in [5.74, 6) is 0.623. The van der Waals surface area contributed by atoms with Crippen LogP contribution in [0.1, 0.15) is 12.5 Å². The molecule has 0 saturated carbocycles. The minimum absolute atomic E-state index is 0.0146. The van der Waals surface area contributed by atoms with Crippen LogP contribution < -0.4 is 10.1 Å². The van der Waals surface area contributed by atoms with Gasteiger partial charge in [-0.15, -0.1) is 0 Å². The van der Waals surface area contributed by atoms with Gasteiger partial charge in [-0.3, -0.25) is 4.79 Å². The first-order chi connectivity index (χ1) is 11.0. The van der Waals surface area contributed by atoms with Gasteiger partial charge in [0.25, 0.3) is 0 Å². The lowest BCUT2D eigenvalue weighted by Crippen LogP contribution is -2.38. The third-order valence-electron chi connectivity index (χ3n) is 3.54. The lowest BCUT2D eigenvalue weighted by Gasteiger charge is -2.23. The molecule has 2 aromatic rings. The quantitative estimate of drug-likeness (QED) is 0.874. The molecule has 1 atom stereocenters. The fourth-order valence-electron chi connectivity index (χ4n) is 2.33. The Kier molecular flexibility index (Phi) is 5.88. The lowest BCUT2D eigenvalue weighted by atomic mass is 10.2. The van der Waals surface area contributed by atoms with Gasteiger partial charge in [0.1, 0.15) is 11.8 Å². The molecule has 0 bridgehead atoms. The second kappa shape index (κ2) is 7.88. The largest absolute Gasteiger partial charge is 0.495 e. The first-order valence-electron chi connectivity index (χ1n) is 7.40. The lowest BCUT2D eigenvalue weighted by molar-refractivity contribution is -0.130. The van der Waals surface area contributed by atoms with E-state index >= 15 is 0 Å². The van der Waals surface area contributed by atoms with Crippen molar-refractivity contribution in [3.8, 4) is 5.75 Å². The number of carbonyl (C=O) groups excluding carboxylic acids is 1. The number of methoxy groups -OCH3 is 1. The van der Waals surface area contributed by atoms with Gasteiger partial charge in [0.15, 0.2) is 0 Å². The smallest absolute Gasteiger partial charge is 0.244 e. The number of anilines is 1. The molecule has 0 spiro atoms. The SMILES string of the molecule is COc1ccc(N[C@@H](C)C(=O)N(C)Cc2ccccc2)cc1Cl. The highest BCUT2D eigenvalue weighted by Crippen LogP contribution is 2.27. The van der Waals surface area contributed by atoms with Crippen LogP contribution in [0.25, 0.3) is 0 Å². The van der Waals surface area contributed by atoms with Crippen molar-refractivity contribution in [2.45, 2.75) is 19.5 Å². The van der Waals surface area contributed by atoms with Crippen LogP contribution in [0.4, 0.5) is 5.69 Å². The Bertz CT molecular complexity index is 661. The number of nitrogens with one attached hydrogen (secondary N) is 1. The van der Waals surface area contributed by atoms with Crippen molar-refractivity contribution in [2.24, 2.45) is 0 Å². The zero-order valence-corrected chi connectivity index (χ0v) is 14.3. The Morgan fingerprint density at radius 3 is 2.57 bits per heavy atom. The van der Waals surface area contributed by atoms with Gasteiger partial charge in [-0.2, -0.15) is 0 Å². The molecule has 0 fully saturated rings. The number of hydrogen-bond acceptors (Lipinski definition) is 3. The van der Waals surface area contributed by atoms with Crippen LogP contribution in [-0.2, 0) is 11.3 Å². The first-order valence-corrected chi connectivity index (χ1v) is 7.78. The Morgan fingerprint density at radius 1 is 1.26 bits per heavy atom. The molecule has 0 aliphatic rings. The summed E-state index contributed by atoms with van der Waals surface area (Å²) in [5, 5.41) is 3.68. The fraction of sp³-hybridized carbons (Fsp3) is 0.278. The van der Waals surface area contributed by atoms with Crippen molar-refractivity contribution in [3.63, 3.8) is 0 Å². The molecule has 0 aromatic heterocycles. The molecule has 122 valence electrons. The Morgan fingerprint density at radius 2 is 1.96 bits per heavy atom. The van der Waals surface area contributed by atoms with Crippen LogP contribution in [-0.4, -0.2) is 31.0 Å². The van der Waals surface area contributed by atoms with Gasteiger partial charge in [0, 0.05) is 19.3 Å². The Hall–Kier alpha value is -2.20. The zero-order valence-electron chi connectivity index (χ0n) is 13.5. The van der Waals surface area contributed by atoms with E-state index < -0.39 is 0 Å². The van der Waals surface area contributed by atoms with E-state index in [0.717, 1.165) is 11.3 Å². The van der Waals surface area contributed by atoms with Crippen molar-refractivity contribution in [3.05, 3.63) is 59.1 Å². The molecule has 23 heavy (non-hydrogen) atoms. The maximum Gasteiger partial charge on any atom is 0.244 e. The number of nitrogens with zero attached hydrogens (tertiary/aromatic N) is 1. The zero-order chi connectivity index (χ0) is 16.8. The highest BCUT2D eigenvalue weighted by Gasteiger charge is 2.17. The van der Waals surface area contributed by atoms with E-state index in [-0.39, 0.29) is 11.9 Å². The number of amides is 1. The topological polar surface area (TPSA) is 41.6 Å². The van der Waals surface area contributed by atoms with Gasteiger partial charge in [-0.1, -0.05) is 41.9 Å². The monoisotopic (exact) mass is 332 g/mol. The van der Waals surface area contributed by atoms with Crippen molar-refractivity contribution >= 4 is 23.2 Å². The van der Waals surface area contributed by atoms with Gasteiger partial charge in [-0.05, 0) is 30.7 Å².